The van der Waals surface area contributed by atoms with Gasteiger partial charge < -0.3 is 26.2 Å². The number of nitrogens with zero attached hydrogens (tertiary/aromatic N) is 1. The standard InChI is InChI=1S/C38H55N5O6S/c1-26(2)24-43(50(47,48)31-19-17-29(39)18-20-31)25-33(44)32(21-27-13-10-9-11-14-27)41-36(46)35(37(3,4)5)42-34(45)23-40-38(6,7)28-15-12-16-30(22-28)49-8/h9-20,22,26,32-33,35,40,44H,21,23-25,39H2,1-8H3,(H,41,46)(H,42,45)/t32-,33+,35+/m0/s1. The Morgan fingerprint density at radius 3 is 2.12 bits per heavy atom. The summed E-state index contributed by atoms with van der Waals surface area (Å²) in [6, 6.07) is 21.0. The maximum absolute atomic E-state index is 14.0. The van der Waals surface area contributed by atoms with Crippen molar-refractivity contribution >= 4 is 27.5 Å². The van der Waals surface area contributed by atoms with Crippen molar-refractivity contribution in [3.05, 3.63) is 90.0 Å². The molecule has 274 valence electrons. The van der Waals surface area contributed by atoms with E-state index >= 15 is 0 Å². The van der Waals surface area contributed by atoms with Crippen molar-refractivity contribution in [2.24, 2.45) is 11.3 Å². The summed E-state index contributed by atoms with van der Waals surface area (Å²) in [5, 5.41) is 20.8. The van der Waals surface area contributed by atoms with Crippen LogP contribution in [-0.2, 0) is 31.6 Å². The lowest BCUT2D eigenvalue weighted by Gasteiger charge is -2.35. The number of nitrogen functional groups attached to an aromatic ring is 1. The van der Waals surface area contributed by atoms with Gasteiger partial charge in [0.2, 0.25) is 21.8 Å². The Labute approximate surface area is 298 Å². The maximum Gasteiger partial charge on any atom is 0.243 e. The number of rotatable bonds is 17. The van der Waals surface area contributed by atoms with E-state index in [0.717, 1.165) is 11.1 Å². The molecule has 2 amide bonds. The number of ether oxygens (including phenoxy) is 1. The summed E-state index contributed by atoms with van der Waals surface area (Å²) in [6.07, 6.45) is -1.06. The van der Waals surface area contributed by atoms with E-state index in [1.165, 1.54) is 28.6 Å². The van der Waals surface area contributed by atoms with E-state index in [2.05, 4.69) is 16.0 Å². The van der Waals surface area contributed by atoms with Crippen LogP contribution in [0.1, 0.15) is 59.6 Å². The Morgan fingerprint density at radius 2 is 1.54 bits per heavy atom. The Morgan fingerprint density at radius 1 is 0.900 bits per heavy atom. The number of sulfonamides is 1. The SMILES string of the molecule is COc1cccc(C(C)(C)NCC(=O)N[C@H](C(=O)N[C@@H](Cc2ccccc2)[C@H](O)CN(CC(C)C)S(=O)(=O)c2ccc(N)cc2)C(C)(C)C)c1. The number of nitrogens with one attached hydrogen (secondary N) is 3. The number of aliphatic hydroxyl groups is 1. The van der Waals surface area contributed by atoms with E-state index < -0.39 is 45.1 Å². The summed E-state index contributed by atoms with van der Waals surface area (Å²) >= 11 is 0. The average molecular weight is 710 g/mol. The summed E-state index contributed by atoms with van der Waals surface area (Å²) in [7, 11) is -2.41. The highest BCUT2D eigenvalue weighted by Gasteiger charge is 2.37. The van der Waals surface area contributed by atoms with Crippen molar-refractivity contribution in [1.82, 2.24) is 20.3 Å². The van der Waals surface area contributed by atoms with Crippen molar-refractivity contribution < 1.29 is 27.9 Å². The molecule has 0 saturated carbocycles. The van der Waals surface area contributed by atoms with Crippen LogP contribution < -0.4 is 26.4 Å². The van der Waals surface area contributed by atoms with E-state index in [1.807, 2.05) is 103 Å². The molecule has 0 aliphatic heterocycles. The molecule has 0 radical (unpaired) electrons. The molecule has 0 bridgehead atoms. The van der Waals surface area contributed by atoms with Gasteiger partial charge in [-0.3, -0.25) is 14.9 Å². The molecule has 0 fully saturated rings. The number of nitrogens with two attached hydrogens (primary N) is 1. The summed E-state index contributed by atoms with van der Waals surface area (Å²) < 4.78 is 34.1. The Hall–Kier alpha value is -3.97. The summed E-state index contributed by atoms with van der Waals surface area (Å²) in [5.41, 5.74) is 6.72. The van der Waals surface area contributed by atoms with Crippen LogP contribution in [0.5, 0.6) is 5.75 Å². The van der Waals surface area contributed by atoms with Crippen LogP contribution >= 0.6 is 0 Å². The van der Waals surface area contributed by atoms with Crippen LogP contribution in [-0.4, -0.2) is 74.6 Å². The van der Waals surface area contributed by atoms with Gasteiger partial charge in [0, 0.05) is 24.3 Å². The fourth-order valence-corrected chi connectivity index (χ4v) is 7.14. The number of anilines is 1. The minimum Gasteiger partial charge on any atom is -0.497 e. The van der Waals surface area contributed by atoms with E-state index in [9.17, 15) is 23.1 Å². The summed E-state index contributed by atoms with van der Waals surface area (Å²) in [4.78, 5) is 27.4. The first kappa shape index (κ1) is 40.5. The van der Waals surface area contributed by atoms with Crippen molar-refractivity contribution in [1.29, 1.82) is 0 Å². The van der Waals surface area contributed by atoms with Crippen molar-refractivity contribution in [2.45, 2.75) is 83.5 Å². The van der Waals surface area contributed by atoms with Gasteiger partial charge in [-0.1, -0.05) is 77.1 Å². The quantitative estimate of drug-likeness (QED) is 0.131. The minimum absolute atomic E-state index is 0.0455. The molecule has 3 aromatic rings. The molecular weight excluding hydrogens is 655 g/mol. The Balaban J connectivity index is 1.83. The number of hydrogen-bond acceptors (Lipinski definition) is 8. The molecule has 0 aromatic heterocycles. The largest absolute Gasteiger partial charge is 0.497 e. The summed E-state index contributed by atoms with van der Waals surface area (Å²) in [5.74, 6) is -0.215. The van der Waals surface area contributed by atoms with Gasteiger partial charge in [-0.25, -0.2) is 8.42 Å². The zero-order valence-corrected chi connectivity index (χ0v) is 31.4. The zero-order chi connectivity index (χ0) is 37.3. The molecule has 0 aliphatic rings. The van der Waals surface area contributed by atoms with Crippen LogP contribution in [0.2, 0.25) is 0 Å². The Bertz CT molecular complexity index is 1660. The van der Waals surface area contributed by atoms with Gasteiger partial charge in [-0.2, -0.15) is 4.31 Å². The van der Waals surface area contributed by atoms with Crippen molar-refractivity contribution in [2.75, 3.05) is 32.5 Å². The van der Waals surface area contributed by atoms with Crippen molar-refractivity contribution in [3.8, 4) is 5.75 Å². The van der Waals surface area contributed by atoms with E-state index in [-0.39, 0.29) is 42.8 Å². The molecule has 0 aliphatic carbocycles. The minimum atomic E-state index is -4.01. The monoisotopic (exact) mass is 709 g/mol. The van der Waals surface area contributed by atoms with Crippen LogP contribution in [0, 0.1) is 11.3 Å². The molecule has 3 rings (SSSR count). The van der Waals surface area contributed by atoms with Gasteiger partial charge in [0.15, 0.2) is 0 Å². The first-order valence-electron chi connectivity index (χ1n) is 16.9. The smallest absolute Gasteiger partial charge is 0.243 e. The first-order chi connectivity index (χ1) is 23.3. The number of amides is 2. The number of hydrogen-bond donors (Lipinski definition) is 5. The average Bonchev–Trinajstić information content (AvgIpc) is 3.05. The molecule has 0 heterocycles. The second-order valence-electron chi connectivity index (χ2n) is 14.7. The maximum atomic E-state index is 14.0. The second-order valence-corrected chi connectivity index (χ2v) is 16.7. The number of benzene rings is 3. The van der Waals surface area contributed by atoms with Gasteiger partial charge >= 0.3 is 0 Å². The third-order valence-corrected chi connectivity index (χ3v) is 10.3. The van der Waals surface area contributed by atoms with Crippen LogP contribution in [0.3, 0.4) is 0 Å². The van der Waals surface area contributed by atoms with Crippen LogP contribution in [0.25, 0.3) is 0 Å². The fraction of sp³-hybridized carbons (Fsp3) is 0.474. The van der Waals surface area contributed by atoms with Gasteiger partial charge in [-0.15, -0.1) is 0 Å². The molecule has 3 atom stereocenters. The number of carbonyl (C=O) groups excluding carboxylic acids is 2. The lowest BCUT2D eigenvalue weighted by atomic mass is 9.85. The van der Waals surface area contributed by atoms with Crippen molar-refractivity contribution in [3.63, 3.8) is 0 Å². The lowest BCUT2D eigenvalue weighted by molar-refractivity contribution is -0.132. The molecule has 3 aromatic carbocycles. The molecule has 11 nitrogen and oxygen atoms in total. The molecule has 0 spiro atoms. The molecule has 0 unspecified atom stereocenters. The van der Waals surface area contributed by atoms with E-state index in [0.29, 0.717) is 11.4 Å². The lowest BCUT2D eigenvalue weighted by Crippen LogP contribution is -2.59. The first-order valence-corrected chi connectivity index (χ1v) is 18.3. The van der Waals surface area contributed by atoms with Gasteiger partial charge in [0.25, 0.3) is 0 Å². The van der Waals surface area contributed by atoms with Gasteiger partial charge in [-0.05, 0) is 79.1 Å². The van der Waals surface area contributed by atoms with Gasteiger partial charge in [0.05, 0.1) is 30.7 Å². The fourth-order valence-electron chi connectivity index (χ4n) is 5.52. The zero-order valence-electron chi connectivity index (χ0n) is 30.6. The number of methoxy groups -OCH3 is 1. The topological polar surface area (TPSA) is 163 Å². The third kappa shape index (κ3) is 11.5. The predicted molar refractivity (Wildman–Crippen MR) is 198 cm³/mol. The van der Waals surface area contributed by atoms with Crippen LogP contribution in [0.15, 0.2) is 83.8 Å². The number of carbonyl (C=O) groups is 2. The highest BCUT2D eigenvalue weighted by Crippen LogP contribution is 2.25. The second kappa shape index (κ2) is 17.3. The molecule has 6 N–H and O–H groups in total. The Kier molecular flexibility index (Phi) is 14.0. The number of aliphatic hydroxyl groups excluding tert-OH is 1. The highest BCUT2D eigenvalue weighted by atomic mass is 32.2. The highest BCUT2D eigenvalue weighted by molar-refractivity contribution is 7.89. The van der Waals surface area contributed by atoms with Gasteiger partial charge in [0.1, 0.15) is 11.8 Å². The predicted octanol–water partition coefficient (Wildman–Crippen LogP) is 4.07. The normalized spacial score (nSPS) is 14.2. The third-order valence-electron chi connectivity index (χ3n) is 8.48. The molecule has 12 heteroatoms. The van der Waals surface area contributed by atoms with Crippen LogP contribution in [0.4, 0.5) is 5.69 Å². The molecule has 0 saturated heterocycles. The molecular formula is C38H55N5O6S. The molecule has 50 heavy (non-hydrogen) atoms. The van der Waals surface area contributed by atoms with E-state index in [4.69, 9.17) is 10.5 Å². The summed E-state index contributed by atoms with van der Waals surface area (Å²) in [6.45, 7) is 13.0. The van der Waals surface area contributed by atoms with E-state index in [1.54, 1.807) is 7.11 Å².